The van der Waals surface area contributed by atoms with Gasteiger partial charge in [0.15, 0.2) is 0 Å². The zero-order valence-electron chi connectivity index (χ0n) is 22.3. The molecule has 3 heterocycles. The molecule has 9 nitrogen and oxygen atoms in total. The number of nitriles is 1. The maximum atomic E-state index is 13.6. The third kappa shape index (κ3) is 5.08. The molecular formula is C26H36F3N5O4. The van der Waals surface area contributed by atoms with Crippen molar-refractivity contribution in [3.63, 3.8) is 0 Å². The summed E-state index contributed by atoms with van der Waals surface area (Å²) in [7, 11) is 0. The number of nitrogens with zero attached hydrogens (tertiary/aromatic N) is 2. The number of rotatable bonds is 6. The monoisotopic (exact) mass is 539 g/mol. The molecule has 3 aliphatic heterocycles. The highest BCUT2D eigenvalue weighted by atomic mass is 19.4. The van der Waals surface area contributed by atoms with Crippen molar-refractivity contribution < 1.29 is 32.3 Å². The Hall–Kier alpha value is -2.84. The summed E-state index contributed by atoms with van der Waals surface area (Å²) < 4.78 is 39.0. The van der Waals surface area contributed by atoms with Crippen LogP contribution in [0.2, 0.25) is 0 Å². The predicted octanol–water partition coefficient (Wildman–Crippen LogP) is 1.73. The molecule has 6 atom stereocenters. The number of hydrogen-bond acceptors (Lipinski definition) is 5. The number of carbonyl (C=O) groups excluding carboxylic acids is 4. The lowest BCUT2D eigenvalue weighted by Crippen LogP contribution is -2.61. The van der Waals surface area contributed by atoms with E-state index in [1.54, 1.807) is 0 Å². The molecular weight excluding hydrogens is 503 g/mol. The van der Waals surface area contributed by atoms with E-state index in [4.69, 9.17) is 0 Å². The molecule has 2 aliphatic carbocycles. The summed E-state index contributed by atoms with van der Waals surface area (Å²) in [5.41, 5.74) is -1.33. The molecule has 210 valence electrons. The Bertz CT molecular complexity index is 1060. The Labute approximate surface area is 220 Å². The van der Waals surface area contributed by atoms with Gasteiger partial charge in [0.1, 0.15) is 18.1 Å². The number of piperidine rings is 1. The van der Waals surface area contributed by atoms with Crippen LogP contribution in [0, 0.1) is 51.8 Å². The summed E-state index contributed by atoms with van der Waals surface area (Å²) in [6.07, 6.45) is -3.22. The van der Waals surface area contributed by atoms with Crippen LogP contribution in [0.25, 0.3) is 0 Å². The first kappa shape index (κ1) is 28.2. The lowest BCUT2D eigenvalue weighted by Gasteiger charge is -2.38. The molecule has 0 aromatic carbocycles. The number of amides is 4. The number of fused-ring (bicyclic) bond motifs is 4. The Morgan fingerprint density at radius 1 is 1.18 bits per heavy atom. The molecule has 5 fully saturated rings. The second-order valence-corrected chi connectivity index (χ2v) is 13.0. The van der Waals surface area contributed by atoms with Crippen molar-refractivity contribution in [1.29, 1.82) is 5.26 Å². The summed E-state index contributed by atoms with van der Waals surface area (Å²) in [5.74, 6) is -3.75. The van der Waals surface area contributed by atoms with E-state index < -0.39 is 53.4 Å². The van der Waals surface area contributed by atoms with Gasteiger partial charge in [0.05, 0.1) is 6.07 Å². The van der Waals surface area contributed by atoms with Crippen LogP contribution < -0.4 is 16.0 Å². The number of halogens is 3. The fourth-order valence-corrected chi connectivity index (χ4v) is 6.67. The van der Waals surface area contributed by atoms with Gasteiger partial charge in [0.2, 0.25) is 17.7 Å². The molecule has 2 unspecified atom stereocenters. The zero-order chi connectivity index (χ0) is 28.4. The van der Waals surface area contributed by atoms with Crippen LogP contribution in [0.3, 0.4) is 0 Å². The lowest BCUT2D eigenvalue weighted by molar-refractivity contribution is -0.176. The molecule has 2 bridgehead atoms. The summed E-state index contributed by atoms with van der Waals surface area (Å²) in [6.45, 7) is 9.31. The highest BCUT2D eigenvalue weighted by Gasteiger charge is 2.70. The van der Waals surface area contributed by atoms with E-state index in [1.165, 1.54) is 25.7 Å². The van der Waals surface area contributed by atoms with E-state index in [9.17, 15) is 37.6 Å². The van der Waals surface area contributed by atoms with Crippen molar-refractivity contribution in [2.45, 2.75) is 78.2 Å². The van der Waals surface area contributed by atoms with E-state index in [0.717, 1.165) is 12.8 Å². The largest absolute Gasteiger partial charge is 0.471 e. The number of nitrogens with one attached hydrogen (secondary N) is 3. The number of alkyl halides is 3. The van der Waals surface area contributed by atoms with Crippen LogP contribution in [0.4, 0.5) is 13.2 Å². The van der Waals surface area contributed by atoms with Gasteiger partial charge in [-0.3, -0.25) is 19.2 Å². The molecule has 3 N–H and O–H groups in total. The minimum absolute atomic E-state index is 0.0405. The summed E-state index contributed by atoms with van der Waals surface area (Å²) in [6, 6.07) is -1.40. The van der Waals surface area contributed by atoms with E-state index in [-0.39, 0.29) is 42.0 Å². The summed E-state index contributed by atoms with van der Waals surface area (Å²) >= 11 is 0. The highest BCUT2D eigenvalue weighted by molar-refractivity contribution is 5.95. The average Bonchev–Trinajstić information content (AvgIpc) is 3.17. The molecule has 2 saturated carbocycles. The van der Waals surface area contributed by atoms with Crippen LogP contribution in [-0.4, -0.2) is 65.9 Å². The molecule has 38 heavy (non-hydrogen) atoms. The minimum atomic E-state index is -5.17. The van der Waals surface area contributed by atoms with Crippen LogP contribution in [-0.2, 0) is 19.2 Å². The van der Waals surface area contributed by atoms with Gasteiger partial charge >= 0.3 is 12.1 Å². The maximum absolute atomic E-state index is 13.6. The van der Waals surface area contributed by atoms with Crippen molar-refractivity contribution in [1.82, 2.24) is 20.9 Å². The van der Waals surface area contributed by atoms with Gasteiger partial charge in [-0.05, 0) is 53.8 Å². The molecule has 12 heteroatoms. The molecule has 3 saturated heterocycles. The molecule has 0 radical (unpaired) electrons. The first-order valence-electron chi connectivity index (χ1n) is 13.1. The topological polar surface area (TPSA) is 131 Å². The molecule has 0 aromatic rings. The minimum Gasteiger partial charge on any atom is -0.356 e. The number of likely N-dealkylation sites (tertiary alicyclic amines) is 1. The fraction of sp³-hybridized carbons (Fsp3) is 0.808. The highest BCUT2D eigenvalue weighted by Crippen LogP contribution is 2.65. The van der Waals surface area contributed by atoms with Crippen molar-refractivity contribution in [2.24, 2.45) is 40.4 Å². The van der Waals surface area contributed by atoms with Crippen LogP contribution in [0.15, 0.2) is 0 Å². The summed E-state index contributed by atoms with van der Waals surface area (Å²) in [5, 5.41) is 17.2. The molecule has 5 aliphatic rings. The van der Waals surface area contributed by atoms with Gasteiger partial charge in [0.25, 0.3) is 0 Å². The molecule has 5 rings (SSSR count). The van der Waals surface area contributed by atoms with Gasteiger partial charge in [-0.25, -0.2) is 0 Å². The van der Waals surface area contributed by atoms with Gasteiger partial charge in [-0.15, -0.1) is 0 Å². The van der Waals surface area contributed by atoms with Gasteiger partial charge in [0, 0.05) is 19.0 Å². The third-order valence-corrected chi connectivity index (χ3v) is 9.11. The Balaban J connectivity index is 1.52. The number of carbonyl (C=O) groups is 4. The Morgan fingerprint density at radius 3 is 2.37 bits per heavy atom. The maximum Gasteiger partial charge on any atom is 0.471 e. The van der Waals surface area contributed by atoms with Crippen molar-refractivity contribution >= 4 is 23.6 Å². The van der Waals surface area contributed by atoms with Crippen LogP contribution >= 0.6 is 0 Å². The van der Waals surface area contributed by atoms with Gasteiger partial charge < -0.3 is 20.9 Å². The zero-order valence-corrected chi connectivity index (χ0v) is 22.3. The molecule has 4 amide bonds. The fourth-order valence-electron chi connectivity index (χ4n) is 6.67. The standard InChI is InChI=1S/C26H36F3N5O4/c1-24(2,3)19(33-23(38)26(27,28)29)22(37)34-11-16-17(25(16,4)5)18(34)21(36)32-14(9-30)8-15-13-6-12(7-13)10-31-20(15)35/h12-19H,6-8,10-11H2,1-5H3,(H,31,35)(H,32,36)(H,33,38)/t12?,13?,14-,15?,16-,17-,18-,19?/m0/s1. The van der Waals surface area contributed by atoms with E-state index in [0.29, 0.717) is 12.5 Å². The second kappa shape index (κ2) is 9.42. The quantitative estimate of drug-likeness (QED) is 0.473. The van der Waals surface area contributed by atoms with E-state index in [1.807, 2.05) is 19.2 Å². The van der Waals surface area contributed by atoms with Crippen molar-refractivity contribution in [3.05, 3.63) is 0 Å². The molecule has 0 aromatic heterocycles. The Kier molecular flexibility index (Phi) is 6.98. The second-order valence-electron chi connectivity index (χ2n) is 13.0. The van der Waals surface area contributed by atoms with E-state index >= 15 is 0 Å². The van der Waals surface area contributed by atoms with Gasteiger partial charge in [-0.1, -0.05) is 34.6 Å². The van der Waals surface area contributed by atoms with E-state index in [2.05, 4.69) is 16.7 Å². The molecule has 0 spiro atoms. The SMILES string of the molecule is CC(C)(C)C(NC(=O)C(F)(F)F)C(=O)N1C[C@H]2[C@@H]([C@H]1C(=O)N[C@H](C#N)CC1C(=O)NCC3CC1C3)C2(C)C. The first-order chi connectivity index (χ1) is 17.5. The van der Waals surface area contributed by atoms with Crippen molar-refractivity contribution in [3.8, 4) is 6.07 Å². The number of hydrogen-bond donors (Lipinski definition) is 3. The van der Waals surface area contributed by atoms with Crippen molar-refractivity contribution in [2.75, 3.05) is 13.1 Å². The normalized spacial score (nSPS) is 32.9. The Morgan fingerprint density at radius 2 is 1.82 bits per heavy atom. The predicted molar refractivity (Wildman–Crippen MR) is 129 cm³/mol. The third-order valence-electron chi connectivity index (χ3n) is 9.11. The first-order valence-corrected chi connectivity index (χ1v) is 13.1. The lowest BCUT2D eigenvalue weighted by atomic mass is 9.68. The van der Waals surface area contributed by atoms with Crippen LogP contribution in [0.5, 0.6) is 0 Å². The van der Waals surface area contributed by atoms with Gasteiger partial charge in [-0.2, -0.15) is 18.4 Å². The smallest absolute Gasteiger partial charge is 0.356 e. The van der Waals surface area contributed by atoms with Crippen LogP contribution in [0.1, 0.15) is 53.9 Å². The summed E-state index contributed by atoms with van der Waals surface area (Å²) in [4.78, 5) is 52.7. The average molecular weight is 540 g/mol.